The number of piperidine rings is 1. The highest BCUT2D eigenvalue weighted by Gasteiger charge is 2.29. The number of nitrogens with zero attached hydrogens (tertiary/aromatic N) is 4. The summed E-state index contributed by atoms with van der Waals surface area (Å²) < 4.78 is 10.9. The summed E-state index contributed by atoms with van der Waals surface area (Å²) in [7, 11) is 1.71. The highest BCUT2D eigenvalue weighted by atomic mass is 16.6. The zero-order valence-electron chi connectivity index (χ0n) is 23.4. The number of hydrogen-bond donors (Lipinski definition) is 3. The summed E-state index contributed by atoms with van der Waals surface area (Å²) >= 11 is 0. The first-order chi connectivity index (χ1) is 19.4. The molecule has 10 heteroatoms. The van der Waals surface area contributed by atoms with Crippen LogP contribution in [0.1, 0.15) is 50.1 Å². The van der Waals surface area contributed by atoms with Crippen molar-refractivity contribution in [2.45, 2.75) is 51.0 Å². The number of aromatic nitrogens is 3. The number of H-pyrrole nitrogens is 1. The molecule has 2 aromatic heterocycles. The minimum Gasteiger partial charge on any atom is -0.446 e. The number of hydrogen-bond acceptors (Lipinski definition) is 8. The zero-order chi connectivity index (χ0) is 28.1. The molecule has 3 aromatic rings. The highest BCUT2D eigenvalue weighted by Crippen LogP contribution is 2.35. The Bertz CT molecular complexity index is 1350. The lowest BCUT2D eigenvalue weighted by Crippen LogP contribution is -2.42. The Morgan fingerprint density at radius 2 is 1.95 bits per heavy atom. The SMILES string of the molecule is COCCN1CCC(OC(=O)NCC(C)(C)c2nc(-c3ccc4c(c3)CCC4=NO)c(-c3ccncc3)[nH]2)CC1. The van der Waals surface area contributed by atoms with E-state index in [9.17, 15) is 10.0 Å². The number of likely N-dealkylation sites (tertiary alicyclic amines) is 1. The average molecular weight is 547 g/mol. The number of rotatable bonds is 9. The molecular weight excluding hydrogens is 508 g/mol. The summed E-state index contributed by atoms with van der Waals surface area (Å²) in [6, 6.07) is 10.1. The molecule has 0 atom stereocenters. The van der Waals surface area contributed by atoms with Crippen LogP contribution < -0.4 is 5.32 Å². The Labute approximate surface area is 234 Å². The number of pyridine rings is 1. The Morgan fingerprint density at radius 1 is 1.18 bits per heavy atom. The number of alkyl carbamates (subject to hydrolysis) is 1. The van der Waals surface area contributed by atoms with Crippen LogP contribution in [0.5, 0.6) is 0 Å². The molecule has 40 heavy (non-hydrogen) atoms. The molecule has 1 fully saturated rings. The molecular formula is C30H38N6O4. The zero-order valence-corrected chi connectivity index (χ0v) is 23.4. The monoisotopic (exact) mass is 546 g/mol. The van der Waals surface area contributed by atoms with E-state index in [0.29, 0.717) is 13.2 Å². The van der Waals surface area contributed by atoms with Crippen LogP contribution in [0.3, 0.4) is 0 Å². The summed E-state index contributed by atoms with van der Waals surface area (Å²) in [5, 5.41) is 15.7. The van der Waals surface area contributed by atoms with Gasteiger partial charge in [-0.1, -0.05) is 31.1 Å². The van der Waals surface area contributed by atoms with Crippen molar-refractivity contribution in [1.29, 1.82) is 0 Å². The highest BCUT2D eigenvalue weighted by molar-refractivity contribution is 6.04. The predicted octanol–water partition coefficient (Wildman–Crippen LogP) is 4.38. The Hall–Kier alpha value is -3.76. The van der Waals surface area contributed by atoms with E-state index < -0.39 is 11.5 Å². The van der Waals surface area contributed by atoms with Crippen LogP contribution >= 0.6 is 0 Å². The van der Waals surface area contributed by atoms with E-state index in [-0.39, 0.29) is 6.10 Å². The number of methoxy groups -OCH3 is 1. The van der Waals surface area contributed by atoms with Gasteiger partial charge in [0.15, 0.2) is 0 Å². The van der Waals surface area contributed by atoms with Gasteiger partial charge in [-0.05, 0) is 49.4 Å². The van der Waals surface area contributed by atoms with Crippen molar-refractivity contribution in [2.75, 3.05) is 39.9 Å². The maximum absolute atomic E-state index is 12.7. The number of amides is 1. The number of nitrogens with one attached hydrogen (secondary N) is 2. The third kappa shape index (κ3) is 6.18. The predicted molar refractivity (Wildman–Crippen MR) is 153 cm³/mol. The molecule has 10 nitrogen and oxygen atoms in total. The fourth-order valence-corrected chi connectivity index (χ4v) is 5.39. The maximum atomic E-state index is 12.7. The fourth-order valence-electron chi connectivity index (χ4n) is 5.39. The minimum absolute atomic E-state index is 0.0772. The fraction of sp³-hybridized carbons (Fsp3) is 0.467. The molecule has 1 saturated heterocycles. The normalized spacial score (nSPS) is 17.2. The number of imidazole rings is 1. The van der Waals surface area contributed by atoms with Gasteiger partial charge in [0, 0.05) is 67.8 Å². The lowest BCUT2D eigenvalue weighted by Gasteiger charge is -2.31. The molecule has 0 spiro atoms. The molecule has 1 aromatic carbocycles. The molecule has 0 saturated carbocycles. The second-order valence-corrected chi connectivity index (χ2v) is 11.1. The van der Waals surface area contributed by atoms with E-state index in [2.05, 4.69) is 31.4 Å². The van der Waals surface area contributed by atoms with E-state index in [0.717, 1.165) is 90.5 Å². The third-order valence-corrected chi connectivity index (χ3v) is 7.85. The van der Waals surface area contributed by atoms with Gasteiger partial charge >= 0.3 is 6.09 Å². The minimum atomic E-state index is -0.490. The van der Waals surface area contributed by atoms with Gasteiger partial charge in [-0.2, -0.15) is 0 Å². The number of aromatic amines is 1. The molecule has 0 radical (unpaired) electrons. The van der Waals surface area contributed by atoms with Crippen molar-refractivity contribution in [2.24, 2.45) is 5.16 Å². The number of aryl methyl sites for hydroxylation is 1. The standard InChI is InChI=1S/C30H38N6O4/c1-30(2,19-32-29(37)40-23-10-14-36(15-11-23)16-17-39-3)28-33-26(20-8-12-31-13-9-20)27(34-28)22-4-6-24-21(18-22)5-7-25(24)35-38/h4,6,8-9,12-13,18,23,38H,5,7,10-11,14-17,19H2,1-3H3,(H,32,37)(H,33,34). The maximum Gasteiger partial charge on any atom is 0.407 e. The largest absolute Gasteiger partial charge is 0.446 e. The van der Waals surface area contributed by atoms with Gasteiger partial charge in [0.25, 0.3) is 0 Å². The quantitative estimate of drug-likeness (QED) is 0.269. The van der Waals surface area contributed by atoms with Crippen LogP contribution in [0.25, 0.3) is 22.5 Å². The van der Waals surface area contributed by atoms with Gasteiger partial charge in [0.2, 0.25) is 0 Å². The smallest absolute Gasteiger partial charge is 0.407 e. The van der Waals surface area contributed by atoms with Crippen molar-refractivity contribution < 1.29 is 19.5 Å². The van der Waals surface area contributed by atoms with Gasteiger partial charge in [-0.25, -0.2) is 9.78 Å². The van der Waals surface area contributed by atoms with Crippen molar-refractivity contribution >= 4 is 11.8 Å². The molecule has 0 unspecified atom stereocenters. The molecule has 5 rings (SSSR count). The van der Waals surface area contributed by atoms with Gasteiger partial charge < -0.3 is 29.9 Å². The lowest BCUT2D eigenvalue weighted by molar-refractivity contribution is 0.0423. The van der Waals surface area contributed by atoms with Gasteiger partial charge in [-0.3, -0.25) is 4.98 Å². The molecule has 1 aliphatic carbocycles. The number of oxime groups is 1. The second kappa shape index (κ2) is 12.2. The van der Waals surface area contributed by atoms with E-state index in [1.807, 2.05) is 38.1 Å². The number of ether oxygens (including phenoxy) is 2. The van der Waals surface area contributed by atoms with Gasteiger partial charge in [0.05, 0.1) is 23.7 Å². The van der Waals surface area contributed by atoms with Crippen LogP contribution in [-0.2, 0) is 21.3 Å². The van der Waals surface area contributed by atoms with Crippen molar-refractivity contribution in [3.63, 3.8) is 0 Å². The number of carbonyl (C=O) groups is 1. The Kier molecular flexibility index (Phi) is 8.46. The molecule has 3 N–H and O–H groups in total. The Morgan fingerprint density at radius 3 is 2.67 bits per heavy atom. The molecule has 0 bridgehead atoms. The summed E-state index contributed by atoms with van der Waals surface area (Å²) in [5.74, 6) is 0.763. The molecule has 212 valence electrons. The number of benzene rings is 1. The van der Waals surface area contributed by atoms with E-state index >= 15 is 0 Å². The molecule has 2 aliphatic rings. The number of fused-ring (bicyclic) bond motifs is 1. The summed E-state index contributed by atoms with van der Waals surface area (Å²) in [4.78, 5) is 27.8. The average Bonchev–Trinajstić information content (AvgIpc) is 3.61. The number of carbonyl (C=O) groups excluding carboxylic acids is 1. The van der Waals surface area contributed by atoms with E-state index in [1.54, 1.807) is 19.5 Å². The van der Waals surface area contributed by atoms with Crippen molar-refractivity contribution in [3.05, 3.63) is 59.7 Å². The van der Waals surface area contributed by atoms with Crippen molar-refractivity contribution in [1.82, 2.24) is 25.2 Å². The molecule has 1 amide bonds. The first kappa shape index (κ1) is 27.8. The second-order valence-electron chi connectivity index (χ2n) is 11.1. The van der Waals surface area contributed by atoms with Gasteiger partial charge in [-0.15, -0.1) is 0 Å². The Balaban J connectivity index is 1.30. The summed E-state index contributed by atoms with van der Waals surface area (Å²) in [6.45, 7) is 7.87. The van der Waals surface area contributed by atoms with Crippen LogP contribution in [-0.4, -0.2) is 82.9 Å². The first-order valence-corrected chi connectivity index (χ1v) is 13.9. The van der Waals surface area contributed by atoms with Crippen molar-refractivity contribution in [3.8, 4) is 22.5 Å². The topological polar surface area (TPSA) is 125 Å². The van der Waals surface area contributed by atoms with Crippen LogP contribution in [0.4, 0.5) is 4.79 Å². The van der Waals surface area contributed by atoms with E-state index in [4.69, 9.17) is 14.5 Å². The third-order valence-electron chi connectivity index (χ3n) is 7.85. The first-order valence-electron chi connectivity index (χ1n) is 13.9. The molecule has 3 heterocycles. The lowest BCUT2D eigenvalue weighted by atomic mass is 9.92. The van der Waals surface area contributed by atoms with Gasteiger partial charge in [0.1, 0.15) is 11.9 Å². The van der Waals surface area contributed by atoms with Crippen LogP contribution in [0.2, 0.25) is 0 Å². The summed E-state index contributed by atoms with van der Waals surface area (Å²) in [5.41, 5.74) is 6.02. The summed E-state index contributed by atoms with van der Waals surface area (Å²) in [6.07, 6.45) is 6.24. The molecule has 1 aliphatic heterocycles. The van der Waals surface area contributed by atoms with Crippen LogP contribution in [0.15, 0.2) is 47.9 Å². The van der Waals surface area contributed by atoms with Crippen LogP contribution in [0, 0.1) is 0 Å². The van der Waals surface area contributed by atoms with E-state index in [1.165, 1.54) is 0 Å².